The van der Waals surface area contributed by atoms with Crippen molar-refractivity contribution in [2.45, 2.75) is 15.2 Å². The summed E-state index contributed by atoms with van der Waals surface area (Å²) in [7, 11) is 0. The molecule has 5 aromatic rings. The Hall–Kier alpha value is -3.00. The minimum atomic E-state index is -0.336. The summed E-state index contributed by atoms with van der Waals surface area (Å²) in [5.74, 6) is 0. The van der Waals surface area contributed by atoms with Gasteiger partial charge in [-0.2, -0.15) is 0 Å². The van der Waals surface area contributed by atoms with Crippen molar-refractivity contribution in [1.82, 2.24) is 0 Å². The second kappa shape index (κ2) is 6.26. The van der Waals surface area contributed by atoms with E-state index in [9.17, 15) is 0 Å². The molecule has 7 rings (SSSR count). The van der Waals surface area contributed by atoms with Gasteiger partial charge in [0.25, 0.3) is 0 Å². The third-order valence-corrected chi connectivity index (χ3v) is 8.16. The molecule has 5 aromatic carbocycles. The van der Waals surface area contributed by atoms with E-state index in [1.54, 1.807) is 0 Å². The van der Waals surface area contributed by atoms with Crippen molar-refractivity contribution >= 4 is 34.1 Å². The first-order valence-electron chi connectivity index (χ1n) is 10.5. The smallest absolute Gasteiger partial charge is 0.0735 e. The van der Waals surface area contributed by atoms with Gasteiger partial charge >= 0.3 is 0 Å². The fraction of sp³-hybridized carbons (Fsp3) is 0.0345. The Morgan fingerprint density at radius 3 is 2.23 bits per heavy atom. The third-order valence-electron chi connectivity index (χ3n) is 6.79. The van der Waals surface area contributed by atoms with Gasteiger partial charge in [0, 0.05) is 14.8 Å². The first-order valence-corrected chi connectivity index (χ1v) is 11.7. The minimum Gasteiger partial charge on any atom is -0.0894 e. The molecule has 31 heavy (non-hydrogen) atoms. The van der Waals surface area contributed by atoms with Crippen molar-refractivity contribution in [2.75, 3.05) is 0 Å². The average Bonchev–Trinajstić information content (AvgIpc) is 3.11. The molecule has 0 amide bonds. The van der Waals surface area contributed by atoms with E-state index >= 15 is 0 Å². The fourth-order valence-electron chi connectivity index (χ4n) is 5.65. The van der Waals surface area contributed by atoms with Gasteiger partial charge in [-0.1, -0.05) is 108 Å². The molecule has 0 fully saturated rings. The molecule has 1 unspecified atom stereocenters. The van der Waals surface area contributed by atoms with E-state index in [2.05, 4.69) is 97.1 Å². The zero-order valence-electron chi connectivity index (χ0n) is 16.6. The highest BCUT2D eigenvalue weighted by Gasteiger charge is 2.50. The highest BCUT2D eigenvalue weighted by atomic mass is 35.5. The van der Waals surface area contributed by atoms with Gasteiger partial charge in [0.1, 0.15) is 0 Å². The summed E-state index contributed by atoms with van der Waals surface area (Å²) >= 11 is 8.29. The summed E-state index contributed by atoms with van der Waals surface area (Å²) < 4.78 is 0. The highest BCUT2D eigenvalue weighted by molar-refractivity contribution is 7.99. The molecule has 0 N–H and O–H groups in total. The van der Waals surface area contributed by atoms with E-state index in [1.807, 2.05) is 17.8 Å². The van der Waals surface area contributed by atoms with Gasteiger partial charge in [-0.05, 0) is 62.4 Å². The van der Waals surface area contributed by atoms with Crippen molar-refractivity contribution in [1.29, 1.82) is 0 Å². The number of rotatable bonds is 0. The molecule has 146 valence electrons. The van der Waals surface area contributed by atoms with Crippen LogP contribution in [0.5, 0.6) is 0 Å². The Morgan fingerprint density at radius 1 is 0.581 bits per heavy atom. The van der Waals surface area contributed by atoms with Crippen molar-refractivity contribution in [3.63, 3.8) is 0 Å². The Kier molecular flexibility index (Phi) is 3.57. The van der Waals surface area contributed by atoms with Crippen LogP contribution in [0.25, 0.3) is 21.9 Å². The van der Waals surface area contributed by atoms with Crippen molar-refractivity contribution < 1.29 is 0 Å². The van der Waals surface area contributed by atoms with Crippen LogP contribution < -0.4 is 0 Å². The van der Waals surface area contributed by atoms with E-state index in [0.29, 0.717) is 0 Å². The molecule has 0 radical (unpaired) electrons. The molecule has 0 nitrogen and oxygen atoms in total. The summed E-state index contributed by atoms with van der Waals surface area (Å²) in [5, 5.41) is 3.38. The summed E-state index contributed by atoms with van der Waals surface area (Å²) in [6.07, 6.45) is 0. The molecule has 1 aliphatic heterocycles. The van der Waals surface area contributed by atoms with Gasteiger partial charge in [0.2, 0.25) is 0 Å². The van der Waals surface area contributed by atoms with E-state index in [4.69, 9.17) is 11.6 Å². The molecule has 1 spiro atoms. The van der Waals surface area contributed by atoms with E-state index in [-0.39, 0.29) is 5.41 Å². The van der Waals surface area contributed by atoms with Crippen LogP contribution in [-0.2, 0) is 5.41 Å². The molecular formula is C29H17ClS. The van der Waals surface area contributed by atoms with Crippen LogP contribution in [0.1, 0.15) is 22.3 Å². The van der Waals surface area contributed by atoms with E-state index < -0.39 is 0 Å². The van der Waals surface area contributed by atoms with Crippen molar-refractivity contribution in [3.8, 4) is 11.1 Å². The lowest BCUT2D eigenvalue weighted by Crippen LogP contribution is -2.31. The summed E-state index contributed by atoms with van der Waals surface area (Å²) in [6, 6.07) is 37.6. The Labute approximate surface area is 190 Å². The maximum Gasteiger partial charge on any atom is 0.0735 e. The average molecular weight is 433 g/mol. The maximum absolute atomic E-state index is 6.46. The molecule has 0 bridgehead atoms. The van der Waals surface area contributed by atoms with E-state index in [0.717, 1.165) is 5.02 Å². The lowest BCUT2D eigenvalue weighted by Gasteiger charge is -2.39. The Morgan fingerprint density at radius 2 is 1.29 bits per heavy atom. The maximum atomic E-state index is 6.46. The monoisotopic (exact) mass is 432 g/mol. The molecule has 2 heteroatoms. The predicted octanol–water partition coefficient (Wildman–Crippen LogP) is 8.32. The Bertz CT molecular complexity index is 1530. The molecule has 1 heterocycles. The zero-order valence-corrected chi connectivity index (χ0v) is 18.2. The second-order valence-electron chi connectivity index (χ2n) is 8.24. The molecular weight excluding hydrogens is 416 g/mol. The number of halogens is 1. The summed E-state index contributed by atoms with van der Waals surface area (Å²) in [5.41, 5.74) is 7.76. The first kappa shape index (κ1) is 17.7. The lowest BCUT2D eigenvalue weighted by atomic mass is 9.67. The third kappa shape index (κ3) is 2.18. The Balaban J connectivity index is 1.74. The zero-order chi connectivity index (χ0) is 20.6. The number of fused-ring (bicyclic) bond motifs is 11. The van der Waals surface area contributed by atoms with Gasteiger partial charge in [-0.25, -0.2) is 0 Å². The number of hydrogen-bond acceptors (Lipinski definition) is 1. The van der Waals surface area contributed by atoms with Crippen LogP contribution in [0, 0.1) is 0 Å². The van der Waals surface area contributed by atoms with Crippen LogP contribution in [0.3, 0.4) is 0 Å². The van der Waals surface area contributed by atoms with Crippen LogP contribution in [0.2, 0.25) is 5.02 Å². The van der Waals surface area contributed by atoms with Gasteiger partial charge in [0.05, 0.1) is 5.41 Å². The minimum absolute atomic E-state index is 0.336. The molecule has 1 aliphatic carbocycles. The normalized spacial score (nSPS) is 17.8. The van der Waals surface area contributed by atoms with E-state index in [1.165, 1.54) is 53.9 Å². The highest BCUT2D eigenvalue weighted by Crippen LogP contribution is 2.63. The lowest BCUT2D eigenvalue weighted by molar-refractivity contribution is 0.723. The van der Waals surface area contributed by atoms with Crippen LogP contribution >= 0.6 is 23.4 Å². The molecule has 2 aliphatic rings. The van der Waals surface area contributed by atoms with Gasteiger partial charge in [0.15, 0.2) is 0 Å². The number of hydrogen-bond donors (Lipinski definition) is 0. The molecule has 0 aromatic heterocycles. The van der Waals surface area contributed by atoms with Crippen LogP contribution in [0.15, 0.2) is 113 Å². The van der Waals surface area contributed by atoms with Crippen LogP contribution in [0.4, 0.5) is 0 Å². The quantitative estimate of drug-likeness (QED) is 0.232. The molecule has 0 saturated heterocycles. The fourth-order valence-corrected chi connectivity index (χ4v) is 7.12. The summed E-state index contributed by atoms with van der Waals surface area (Å²) in [6.45, 7) is 0. The number of benzene rings is 5. The largest absolute Gasteiger partial charge is 0.0894 e. The topological polar surface area (TPSA) is 0 Å². The first-order chi connectivity index (χ1) is 15.3. The second-order valence-corrected chi connectivity index (χ2v) is 9.76. The van der Waals surface area contributed by atoms with Crippen LogP contribution in [-0.4, -0.2) is 0 Å². The predicted molar refractivity (Wildman–Crippen MR) is 130 cm³/mol. The SMILES string of the molecule is Clc1ccc2c(c1)Sc1ccccc1C21c2ccccc2-c2c1ccc1ccccc21. The molecule has 0 saturated carbocycles. The summed E-state index contributed by atoms with van der Waals surface area (Å²) in [4.78, 5) is 2.54. The van der Waals surface area contributed by atoms with Gasteiger partial charge < -0.3 is 0 Å². The van der Waals surface area contributed by atoms with Crippen molar-refractivity contribution in [3.05, 3.63) is 130 Å². The molecule has 1 atom stereocenters. The van der Waals surface area contributed by atoms with Gasteiger partial charge in [-0.15, -0.1) is 0 Å². The standard InChI is InChI=1S/C29H17ClS/c30-19-14-16-24-27(17-19)31-26-12-6-5-11-23(26)29(24)22-10-4-3-9-21(22)28-20-8-2-1-7-18(20)13-15-25(28)29/h1-17H. The van der Waals surface area contributed by atoms with Gasteiger partial charge in [-0.3, -0.25) is 0 Å². The van der Waals surface area contributed by atoms with Crippen molar-refractivity contribution in [2.24, 2.45) is 0 Å².